The first-order valence-corrected chi connectivity index (χ1v) is 8.41. The maximum absolute atomic E-state index is 12.2. The lowest BCUT2D eigenvalue weighted by atomic mass is 9.81. The monoisotopic (exact) mass is 291 g/mol. The van der Waals surface area contributed by atoms with Gasteiger partial charge in [0.2, 0.25) is 10.0 Å². The molecular weight excluding hydrogens is 274 g/mol. The summed E-state index contributed by atoms with van der Waals surface area (Å²) in [5.41, 5.74) is -0.498. The third kappa shape index (κ3) is 3.69. The van der Waals surface area contributed by atoms with Gasteiger partial charge in [0.25, 0.3) is 0 Å². The van der Waals surface area contributed by atoms with Gasteiger partial charge in [-0.05, 0) is 31.4 Å². The Kier molecular flexibility index (Phi) is 4.26. The van der Waals surface area contributed by atoms with Gasteiger partial charge in [-0.3, -0.25) is 4.79 Å². The van der Waals surface area contributed by atoms with Gasteiger partial charge in [0.1, 0.15) is 0 Å². The molecule has 4 nitrogen and oxygen atoms in total. The summed E-state index contributed by atoms with van der Waals surface area (Å²) >= 11 is 0. The van der Waals surface area contributed by atoms with Crippen LogP contribution in [0.1, 0.15) is 31.2 Å². The van der Waals surface area contributed by atoms with Crippen molar-refractivity contribution in [3.05, 3.63) is 35.9 Å². The van der Waals surface area contributed by atoms with Crippen LogP contribution in [0.2, 0.25) is 0 Å². The average molecular weight is 291 g/mol. The van der Waals surface area contributed by atoms with Crippen LogP contribution in [0.25, 0.3) is 0 Å². The molecule has 5 heteroatoms. The third-order valence-corrected chi connectivity index (χ3v) is 3.95. The van der Waals surface area contributed by atoms with E-state index in [4.69, 9.17) is 0 Å². The largest absolute Gasteiger partial charge is 0.296 e. The summed E-state index contributed by atoms with van der Waals surface area (Å²) in [6, 6.07) is 9.23. The summed E-state index contributed by atoms with van der Waals surface area (Å²) < 4.78 is 25.5. The van der Waals surface area contributed by atoms with Crippen LogP contribution in [-0.2, 0) is 14.8 Å². The highest BCUT2D eigenvalue weighted by Crippen LogP contribution is 2.25. The minimum Gasteiger partial charge on any atom is -0.296 e. The van der Waals surface area contributed by atoms with Gasteiger partial charge in [-0.25, -0.2) is 8.42 Å². The third-order valence-electron chi connectivity index (χ3n) is 3.24. The number of ketones is 1. The van der Waals surface area contributed by atoms with Crippen LogP contribution >= 0.6 is 0 Å². The predicted molar refractivity (Wildman–Crippen MR) is 77.5 cm³/mol. The van der Waals surface area contributed by atoms with Crippen molar-refractivity contribution in [2.24, 2.45) is 0 Å². The topological polar surface area (TPSA) is 63.2 Å². The molecule has 0 bridgehead atoms. The molecule has 1 aliphatic carbocycles. The number of rotatable bonds is 2. The maximum atomic E-state index is 12.2. The van der Waals surface area contributed by atoms with Crippen LogP contribution in [0.5, 0.6) is 0 Å². The lowest BCUT2D eigenvalue weighted by molar-refractivity contribution is -0.124. The van der Waals surface area contributed by atoms with E-state index in [0.717, 1.165) is 24.7 Å². The van der Waals surface area contributed by atoms with Gasteiger partial charge >= 0.3 is 0 Å². The van der Waals surface area contributed by atoms with Gasteiger partial charge in [0.05, 0.1) is 6.26 Å². The first-order chi connectivity index (χ1) is 9.41. The first kappa shape index (κ1) is 14.8. The number of sulfonamides is 1. The summed E-state index contributed by atoms with van der Waals surface area (Å²) in [6.07, 6.45) is 3.43. The molecule has 1 N–H and O–H groups in total. The molecule has 1 fully saturated rings. The van der Waals surface area contributed by atoms with Gasteiger partial charge in [0, 0.05) is 12.0 Å². The van der Waals surface area contributed by atoms with Gasteiger partial charge in [-0.2, -0.15) is 4.72 Å². The molecule has 1 unspecified atom stereocenters. The summed E-state index contributed by atoms with van der Waals surface area (Å²) in [5, 5.41) is 0. The number of hydrogen-bond donors (Lipinski definition) is 1. The minimum absolute atomic E-state index is 0.141. The van der Waals surface area contributed by atoms with Crippen molar-refractivity contribution in [2.45, 2.75) is 31.2 Å². The van der Waals surface area contributed by atoms with E-state index in [1.54, 1.807) is 0 Å². The second-order valence-corrected chi connectivity index (χ2v) is 6.77. The fourth-order valence-corrected chi connectivity index (χ4v) is 3.21. The minimum atomic E-state index is -3.49. The molecule has 0 aromatic heterocycles. The number of Topliss-reactive ketones (excluding diaryl/α,β-unsaturated/α-hetero) is 1. The molecule has 106 valence electrons. The Morgan fingerprint density at radius 2 is 1.90 bits per heavy atom. The average Bonchev–Trinajstić information content (AvgIpc) is 2.39. The number of carbonyl (C=O) groups is 1. The van der Waals surface area contributed by atoms with Crippen molar-refractivity contribution in [1.29, 1.82) is 0 Å². The van der Waals surface area contributed by atoms with Crippen molar-refractivity contribution < 1.29 is 13.2 Å². The number of carbonyl (C=O) groups excluding carboxylic acids is 1. The van der Waals surface area contributed by atoms with E-state index >= 15 is 0 Å². The fourth-order valence-electron chi connectivity index (χ4n) is 2.31. The second-order valence-electron chi connectivity index (χ2n) is 5.03. The highest BCUT2D eigenvalue weighted by molar-refractivity contribution is 7.88. The van der Waals surface area contributed by atoms with Crippen LogP contribution in [-0.4, -0.2) is 26.0 Å². The maximum Gasteiger partial charge on any atom is 0.210 e. The number of benzene rings is 1. The Hall–Kier alpha value is -1.64. The van der Waals surface area contributed by atoms with Crippen molar-refractivity contribution in [1.82, 2.24) is 4.72 Å². The van der Waals surface area contributed by atoms with E-state index in [1.807, 2.05) is 30.3 Å². The Bertz CT molecular complexity index is 655. The van der Waals surface area contributed by atoms with Crippen LogP contribution in [0.15, 0.2) is 30.3 Å². The summed E-state index contributed by atoms with van der Waals surface area (Å²) in [5.74, 6) is 5.64. The molecule has 0 saturated heterocycles. The fraction of sp³-hybridized carbons (Fsp3) is 0.400. The van der Waals surface area contributed by atoms with E-state index < -0.39 is 15.6 Å². The van der Waals surface area contributed by atoms with Crippen molar-refractivity contribution in [3.8, 4) is 11.8 Å². The molecule has 1 aromatic carbocycles. The molecule has 0 spiro atoms. The van der Waals surface area contributed by atoms with E-state index in [9.17, 15) is 13.2 Å². The van der Waals surface area contributed by atoms with E-state index in [0.29, 0.717) is 12.8 Å². The van der Waals surface area contributed by atoms with Gasteiger partial charge < -0.3 is 0 Å². The Morgan fingerprint density at radius 3 is 2.50 bits per heavy atom. The molecule has 1 saturated carbocycles. The molecule has 1 aromatic rings. The summed E-state index contributed by atoms with van der Waals surface area (Å²) in [6.45, 7) is 0. The van der Waals surface area contributed by atoms with Gasteiger partial charge in [-0.1, -0.05) is 30.0 Å². The zero-order chi connectivity index (χ0) is 14.6. The van der Waals surface area contributed by atoms with Crippen molar-refractivity contribution >= 4 is 15.8 Å². The summed E-state index contributed by atoms with van der Waals surface area (Å²) in [7, 11) is -3.49. The Morgan fingerprint density at radius 1 is 1.20 bits per heavy atom. The predicted octanol–water partition coefficient (Wildman–Crippen LogP) is 1.47. The molecule has 0 aliphatic heterocycles. The number of hydrogen-bond acceptors (Lipinski definition) is 3. The van der Waals surface area contributed by atoms with E-state index in [1.165, 1.54) is 0 Å². The Balaban J connectivity index is 2.37. The lowest BCUT2D eigenvalue weighted by Crippen LogP contribution is -2.54. The molecule has 0 heterocycles. The first-order valence-electron chi connectivity index (χ1n) is 6.52. The molecule has 0 radical (unpaired) electrons. The number of nitrogens with one attached hydrogen (secondary N) is 1. The molecule has 0 amide bonds. The molecule has 2 rings (SSSR count). The zero-order valence-corrected chi connectivity index (χ0v) is 12.2. The van der Waals surface area contributed by atoms with Crippen LogP contribution in [0.3, 0.4) is 0 Å². The zero-order valence-electron chi connectivity index (χ0n) is 11.3. The quantitative estimate of drug-likeness (QED) is 0.839. The highest BCUT2D eigenvalue weighted by atomic mass is 32.2. The molecule has 1 aliphatic rings. The van der Waals surface area contributed by atoms with E-state index in [2.05, 4.69) is 16.6 Å². The molecule has 1 atom stereocenters. The normalized spacial score (nSPS) is 22.9. The Labute approximate surface area is 119 Å². The van der Waals surface area contributed by atoms with Gasteiger partial charge in [0.15, 0.2) is 11.3 Å². The highest BCUT2D eigenvalue weighted by Gasteiger charge is 2.40. The molecular formula is C15H17NO3S. The standard InChI is InChI=1S/C15H17NO3S/c1-20(18,19)16-15(11-6-5-9-14(15)17)12-10-13-7-3-2-4-8-13/h2-4,7-8,16H,5-6,9,11H2,1H3. The van der Waals surface area contributed by atoms with Crippen LogP contribution in [0, 0.1) is 11.8 Å². The van der Waals surface area contributed by atoms with Crippen LogP contribution in [0.4, 0.5) is 0 Å². The molecule has 20 heavy (non-hydrogen) atoms. The smallest absolute Gasteiger partial charge is 0.210 e. The summed E-state index contributed by atoms with van der Waals surface area (Å²) in [4.78, 5) is 12.2. The van der Waals surface area contributed by atoms with E-state index in [-0.39, 0.29) is 5.78 Å². The van der Waals surface area contributed by atoms with Crippen molar-refractivity contribution in [2.75, 3.05) is 6.26 Å². The SMILES string of the molecule is CS(=O)(=O)NC1(C#Cc2ccccc2)CCCCC1=O. The second kappa shape index (κ2) is 5.78. The van der Waals surface area contributed by atoms with Crippen LogP contribution < -0.4 is 4.72 Å². The van der Waals surface area contributed by atoms with Crippen molar-refractivity contribution in [3.63, 3.8) is 0 Å². The lowest BCUT2D eigenvalue weighted by Gasteiger charge is -2.30. The van der Waals surface area contributed by atoms with Gasteiger partial charge in [-0.15, -0.1) is 0 Å².